The summed E-state index contributed by atoms with van der Waals surface area (Å²) in [5.41, 5.74) is 1.15. The summed E-state index contributed by atoms with van der Waals surface area (Å²) in [7, 11) is -1.40. The fourth-order valence-electron chi connectivity index (χ4n) is 3.98. The van der Waals surface area contributed by atoms with Crippen molar-refractivity contribution in [1.29, 1.82) is 0 Å². The van der Waals surface area contributed by atoms with Crippen molar-refractivity contribution in [2.24, 2.45) is 10.4 Å². The quantitative estimate of drug-likeness (QED) is 0.523. The van der Waals surface area contributed by atoms with Gasteiger partial charge in [0.25, 0.3) is 0 Å². The maximum Gasteiger partial charge on any atom is 0.191 e. The number of rotatable bonds is 8. The van der Waals surface area contributed by atoms with E-state index in [0.717, 1.165) is 37.4 Å². The van der Waals surface area contributed by atoms with Gasteiger partial charge in [0.1, 0.15) is 0 Å². The number of guanidine groups is 1. The molecule has 7 heteroatoms. The minimum absolute atomic E-state index is 0.144. The minimum Gasteiger partial charge on any atom is -0.378 e. The number of hydrogen-bond donors (Lipinski definition) is 2. The molecule has 2 N–H and O–H groups in total. The Labute approximate surface area is 163 Å². The summed E-state index contributed by atoms with van der Waals surface area (Å²) >= 11 is 0. The zero-order valence-corrected chi connectivity index (χ0v) is 17.9. The van der Waals surface area contributed by atoms with Gasteiger partial charge in [0, 0.05) is 37.9 Å². The van der Waals surface area contributed by atoms with Crippen LogP contribution < -0.4 is 10.6 Å². The lowest BCUT2D eigenvalue weighted by molar-refractivity contribution is -0.133. The van der Waals surface area contributed by atoms with E-state index in [4.69, 9.17) is 4.74 Å². The highest BCUT2D eigenvalue weighted by atomic mass is 32.2. The fourth-order valence-corrected chi connectivity index (χ4v) is 4.61. The van der Waals surface area contributed by atoms with Crippen LogP contribution in [0.1, 0.15) is 45.6 Å². The topological polar surface area (TPSA) is 79.8 Å². The molecule has 0 spiro atoms. The highest BCUT2D eigenvalue weighted by molar-refractivity contribution is 7.90. The normalized spacial score (nSPS) is 22.2. The molecule has 0 bridgehead atoms. The SMILES string of the molecule is CCOC1CC(NC(=NC)NCc2ccc(S(C)(=O)=O)cc2)C1(CC)CC. The van der Waals surface area contributed by atoms with E-state index in [2.05, 4.69) is 29.5 Å². The smallest absolute Gasteiger partial charge is 0.191 e. The third kappa shape index (κ3) is 4.82. The maximum absolute atomic E-state index is 11.6. The van der Waals surface area contributed by atoms with Crippen molar-refractivity contribution in [2.75, 3.05) is 19.9 Å². The van der Waals surface area contributed by atoms with Gasteiger partial charge in [-0.05, 0) is 43.9 Å². The highest BCUT2D eigenvalue weighted by Gasteiger charge is 2.53. The largest absolute Gasteiger partial charge is 0.378 e. The van der Waals surface area contributed by atoms with Crippen molar-refractivity contribution >= 4 is 15.8 Å². The molecule has 1 saturated carbocycles. The van der Waals surface area contributed by atoms with Gasteiger partial charge >= 0.3 is 0 Å². The van der Waals surface area contributed by atoms with Gasteiger partial charge < -0.3 is 15.4 Å². The summed E-state index contributed by atoms with van der Waals surface area (Å²) < 4.78 is 29.0. The maximum atomic E-state index is 11.6. The van der Waals surface area contributed by atoms with E-state index in [1.54, 1.807) is 19.2 Å². The van der Waals surface area contributed by atoms with Gasteiger partial charge in [-0.1, -0.05) is 26.0 Å². The lowest BCUT2D eigenvalue weighted by atomic mass is 9.58. The van der Waals surface area contributed by atoms with Crippen molar-refractivity contribution in [3.63, 3.8) is 0 Å². The van der Waals surface area contributed by atoms with Crippen LogP contribution in [0.5, 0.6) is 0 Å². The Morgan fingerprint density at radius 3 is 2.33 bits per heavy atom. The first-order valence-corrected chi connectivity index (χ1v) is 11.6. The standard InChI is InChI=1S/C20H33N3O3S/c1-6-20(7-2)17(13-18(20)26-8-3)23-19(21-4)22-14-15-9-11-16(12-10-15)27(5,24)25/h9-12,17-18H,6-8,13-14H2,1-5H3,(H2,21,22,23). The first kappa shape index (κ1) is 21.7. The number of aliphatic imine (C=N–C) groups is 1. The van der Waals surface area contributed by atoms with Crippen molar-refractivity contribution in [2.45, 2.75) is 63.6 Å². The van der Waals surface area contributed by atoms with E-state index in [0.29, 0.717) is 23.6 Å². The molecule has 0 radical (unpaired) electrons. The molecule has 1 aliphatic carbocycles. The molecule has 2 atom stereocenters. The molecule has 1 fully saturated rings. The Kier molecular flexibility index (Phi) is 7.28. The van der Waals surface area contributed by atoms with Gasteiger partial charge in [-0.15, -0.1) is 0 Å². The summed E-state index contributed by atoms with van der Waals surface area (Å²) in [5.74, 6) is 0.758. The predicted octanol–water partition coefficient (Wildman–Crippen LogP) is 2.74. The zero-order chi connectivity index (χ0) is 20.1. The van der Waals surface area contributed by atoms with Gasteiger partial charge in [-0.25, -0.2) is 8.42 Å². The second-order valence-corrected chi connectivity index (χ2v) is 9.17. The fraction of sp³-hybridized carbons (Fsp3) is 0.650. The molecular weight excluding hydrogens is 362 g/mol. The number of nitrogens with one attached hydrogen (secondary N) is 2. The van der Waals surface area contributed by atoms with Crippen molar-refractivity contribution < 1.29 is 13.2 Å². The molecule has 0 saturated heterocycles. The first-order valence-electron chi connectivity index (χ1n) is 9.68. The van der Waals surface area contributed by atoms with Gasteiger partial charge in [0.15, 0.2) is 15.8 Å². The van der Waals surface area contributed by atoms with Crippen LogP contribution in [-0.2, 0) is 21.1 Å². The lowest BCUT2D eigenvalue weighted by Crippen LogP contribution is -2.65. The number of sulfone groups is 1. The van der Waals surface area contributed by atoms with E-state index in [1.165, 1.54) is 6.26 Å². The van der Waals surface area contributed by atoms with Crippen molar-refractivity contribution in [1.82, 2.24) is 10.6 Å². The van der Waals surface area contributed by atoms with E-state index >= 15 is 0 Å². The summed E-state index contributed by atoms with van der Waals surface area (Å²) in [6.07, 6.45) is 4.63. The van der Waals surface area contributed by atoms with Crippen molar-refractivity contribution in [3.8, 4) is 0 Å². The average Bonchev–Trinajstić information content (AvgIpc) is 2.64. The van der Waals surface area contributed by atoms with Gasteiger partial charge in [-0.2, -0.15) is 0 Å². The molecule has 2 rings (SSSR count). The van der Waals surface area contributed by atoms with Gasteiger partial charge in [0.05, 0.1) is 11.0 Å². The average molecular weight is 396 g/mol. The molecule has 2 unspecified atom stereocenters. The van der Waals surface area contributed by atoms with Crippen LogP contribution in [0, 0.1) is 5.41 Å². The van der Waals surface area contributed by atoms with Crippen LogP contribution in [0.3, 0.4) is 0 Å². The monoisotopic (exact) mass is 395 g/mol. The van der Waals surface area contributed by atoms with Crippen LogP contribution in [0.15, 0.2) is 34.2 Å². The summed E-state index contributed by atoms with van der Waals surface area (Å²) in [6, 6.07) is 7.27. The number of benzene rings is 1. The van der Waals surface area contributed by atoms with Crippen molar-refractivity contribution in [3.05, 3.63) is 29.8 Å². The molecule has 1 aromatic carbocycles. The number of ether oxygens (including phenoxy) is 1. The Morgan fingerprint density at radius 2 is 1.85 bits per heavy atom. The lowest BCUT2D eigenvalue weighted by Gasteiger charge is -2.55. The Hall–Kier alpha value is -1.60. The molecule has 27 heavy (non-hydrogen) atoms. The van der Waals surface area contributed by atoms with Gasteiger partial charge in [-0.3, -0.25) is 4.99 Å². The molecule has 0 amide bonds. The highest BCUT2D eigenvalue weighted by Crippen LogP contribution is 2.48. The Morgan fingerprint density at radius 1 is 1.22 bits per heavy atom. The van der Waals surface area contributed by atoms with Crippen LogP contribution in [0.2, 0.25) is 0 Å². The Balaban J connectivity index is 1.96. The minimum atomic E-state index is -3.16. The molecule has 1 aromatic rings. The van der Waals surface area contributed by atoms with Crippen LogP contribution in [0.4, 0.5) is 0 Å². The van der Waals surface area contributed by atoms with Gasteiger partial charge in [0.2, 0.25) is 0 Å². The third-order valence-corrected chi connectivity index (χ3v) is 6.94. The summed E-state index contributed by atoms with van der Waals surface area (Å²) in [5, 5.41) is 6.88. The first-order chi connectivity index (χ1) is 12.8. The van der Waals surface area contributed by atoms with Crippen LogP contribution >= 0.6 is 0 Å². The second-order valence-electron chi connectivity index (χ2n) is 7.16. The zero-order valence-electron chi connectivity index (χ0n) is 17.1. The van der Waals surface area contributed by atoms with E-state index in [9.17, 15) is 8.42 Å². The number of hydrogen-bond acceptors (Lipinski definition) is 4. The molecule has 0 aromatic heterocycles. The van der Waals surface area contributed by atoms with Crippen LogP contribution in [0.25, 0.3) is 0 Å². The number of nitrogens with zero attached hydrogens (tertiary/aromatic N) is 1. The molecular formula is C20H33N3O3S. The van der Waals surface area contributed by atoms with E-state index in [1.807, 2.05) is 19.1 Å². The predicted molar refractivity (Wildman–Crippen MR) is 110 cm³/mol. The summed E-state index contributed by atoms with van der Waals surface area (Å²) in [4.78, 5) is 4.68. The Bertz CT molecular complexity index is 740. The molecule has 0 heterocycles. The summed E-state index contributed by atoms with van der Waals surface area (Å²) in [6.45, 7) is 7.82. The molecule has 152 valence electrons. The molecule has 0 aliphatic heterocycles. The van der Waals surface area contributed by atoms with E-state index < -0.39 is 9.84 Å². The van der Waals surface area contributed by atoms with Crippen LogP contribution in [-0.4, -0.2) is 46.4 Å². The second kappa shape index (κ2) is 9.06. The molecule has 6 nitrogen and oxygen atoms in total. The third-order valence-electron chi connectivity index (χ3n) is 5.82. The molecule has 1 aliphatic rings. The van der Waals surface area contributed by atoms with E-state index in [-0.39, 0.29) is 5.41 Å².